The molecule has 0 bridgehead atoms. The number of rotatable bonds is 1. The van der Waals surface area contributed by atoms with Crippen LogP contribution in [0.15, 0.2) is 46.0 Å². The van der Waals surface area contributed by atoms with E-state index in [0.717, 1.165) is 10.6 Å². The number of nitrogens with one attached hydrogen (secondary N) is 1. The number of hydrogen-bond acceptors (Lipinski definition) is 3. The van der Waals surface area contributed by atoms with Crippen LogP contribution >= 0.6 is 11.6 Å². The van der Waals surface area contributed by atoms with E-state index in [2.05, 4.69) is 4.98 Å². The minimum Gasteiger partial charge on any atom is -0.505 e. The number of aromatic nitrogens is 2. The summed E-state index contributed by atoms with van der Waals surface area (Å²) < 4.78 is 15.0. The van der Waals surface area contributed by atoms with Crippen molar-refractivity contribution in [3.05, 3.63) is 68.1 Å². The Bertz CT molecular complexity index is 978. The fraction of sp³-hybridized carbons (Fsp3) is 0. The average molecular weight is 307 g/mol. The summed E-state index contributed by atoms with van der Waals surface area (Å²) in [7, 11) is 0. The summed E-state index contributed by atoms with van der Waals surface area (Å²) in [5, 5.41) is 9.92. The van der Waals surface area contributed by atoms with E-state index in [1.54, 1.807) is 0 Å². The zero-order chi connectivity index (χ0) is 15.1. The van der Waals surface area contributed by atoms with Crippen LogP contribution in [0.25, 0.3) is 16.6 Å². The number of nitrogens with zero attached hydrogens (tertiary/aromatic N) is 1. The molecule has 1 aromatic heterocycles. The van der Waals surface area contributed by atoms with Crippen LogP contribution in [-0.4, -0.2) is 14.7 Å². The third-order valence-corrected chi connectivity index (χ3v) is 3.30. The van der Waals surface area contributed by atoms with E-state index in [1.807, 2.05) is 0 Å². The first-order chi connectivity index (χ1) is 9.99. The molecule has 7 heteroatoms. The van der Waals surface area contributed by atoms with Gasteiger partial charge < -0.3 is 5.11 Å². The summed E-state index contributed by atoms with van der Waals surface area (Å²) in [6.45, 7) is 0. The molecule has 0 fully saturated rings. The van der Waals surface area contributed by atoms with Gasteiger partial charge in [0.1, 0.15) is 0 Å². The van der Waals surface area contributed by atoms with Crippen LogP contribution in [0.4, 0.5) is 4.39 Å². The van der Waals surface area contributed by atoms with E-state index in [9.17, 15) is 19.1 Å². The highest BCUT2D eigenvalue weighted by molar-refractivity contribution is 6.31. The van der Waals surface area contributed by atoms with Crippen molar-refractivity contribution >= 4 is 22.5 Å². The molecule has 0 saturated carbocycles. The highest BCUT2D eigenvalue weighted by Gasteiger charge is 2.15. The molecule has 2 aromatic carbocycles. The van der Waals surface area contributed by atoms with Gasteiger partial charge >= 0.3 is 5.69 Å². The molecule has 5 nitrogen and oxygen atoms in total. The fourth-order valence-corrected chi connectivity index (χ4v) is 2.30. The standard InChI is InChI=1S/C14H8ClFN2O3/c15-7-4-5-8-10(6-7)18(14(21)17-13(8)20)9-2-1-3-11(19)12(9)16/h1-6,19H,(H,17,20,21). The van der Waals surface area contributed by atoms with Crippen molar-refractivity contribution in [3.63, 3.8) is 0 Å². The second kappa shape index (κ2) is 4.75. The monoisotopic (exact) mass is 306 g/mol. The van der Waals surface area contributed by atoms with Crippen LogP contribution in [0.5, 0.6) is 5.75 Å². The Morgan fingerprint density at radius 3 is 2.71 bits per heavy atom. The van der Waals surface area contributed by atoms with Crippen LogP contribution in [0.2, 0.25) is 5.02 Å². The number of benzene rings is 2. The predicted molar refractivity (Wildman–Crippen MR) is 76.8 cm³/mol. The maximum atomic E-state index is 14.1. The number of halogens is 2. The number of H-pyrrole nitrogens is 1. The molecule has 0 saturated heterocycles. The Balaban J connectivity index is 2.53. The Morgan fingerprint density at radius 1 is 1.19 bits per heavy atom. The van der Waals surface area contributed by atoms with Crippen LogP contribution in [0.3, 0.4) is 0 Å². The zero-order valence-corrected chi connectivity index (χ0v) is 11.2. The van der Waals surface area contributed by atoms with Crippen molar-refractivity contribution in [1.82, 2.24) is 9.55 Å². The molecule has 0 atom stereocenters. The second-order valence-electron chi connectivity index (χ2n) is 4.37. The van der Waals surface area contributed by atoms with Crippen molar-refractivity contribution in [1.29, 1.82) is 0 Å². The van der Waals surface area contributed by atoms with E-state index < -0.39 is 22.8 Å². The molecule has 0 unspecified atom stereocenters. The van der Waals surface area contributed by atoms with Crippen molar-refractivity contribution < 1.29 is 9.50 Å². The van der Waals surface area contributed by atoms with Gasteiger partial charge in [-0.15, -0.1) is 0 Å². The maximum Gasteiger partial charge on any atom is 0.333 e. The van der Waals surface area contributed by atoms with Crippen molar-refractivity contribution in [2.24, 2.45) is 0 Å². The highest BCUT2D eigenvalue weighted by atomic mass is 35.5. The second-order valence-corrected chi connectivity index (χ2v) is 4.80. The number of phenolic OH excluding ortho intramolecular Hbond substituents is 1. The summed E-state index contributed by atoms with van der Waals surface area (Å²) in [5.74, 6) is -1.56. The minimum atomic E-state index is -0.965. The van der Waals surface area contributed by atoms with Gasteiger partial charge in [0.2, 0.25) is 0 Å². The van der Waals surface area contributed by atoms with E-state index in [0.29, 0.717) is 5.02 Å². The maximum absolute atomic E-state index is 14.1. The summed E-state index contributed by atoms with van der Waals surface area (Å²) in [4.78, 5) is 25.9. The number of phenols is 1. The first-order valence-corrected chi connectivity index (χ1v) is 6.29. The van der Waals surface area contributed by atoms with E-state index in [1.165, 1.54) is 30.3 Å². The molecular weight excluding hydrogens is 299 g/mol. The van der Waals surface area contributed by atoms with Crippen LogP contribution in [0, 0.1) is 5.82 Å². The lowest BCUT2D eigenvalue weighted by molar-refractivity contribution is 0.431. The van der Waals surface area contributed by atoms with Gasteiger partial charge in [-0.1, -0.05) is 17.7 Å². The molecule has 2 N–H and O–H groups in total. The number of hydrogen-bond donors (Lipinski definition) is 2. The topological polar surface area (TPSA) is 75.1 Å². The van der Waals surface area contributed by atoms with Gasteiger partial charge in [0.25, 0.3) is 5.56 Å². The molecular formula is C14H8ClFN2O3. The summed E-state index contributed by atoms with van der Waals surface area (Å²) in [6.07, 6.45) is 0. The SMILES string of the molecule is O=c1[nH]c(=O)n(-c2cccc(O)c2F)c2cc(Cl)ccc12. The van der Waals surface area contributed by atoms with Gasteiger partial charge in [-0.3, -0.25) is 14.3 Å². The van der Waals surface area contributed by atoms with Gasteiger partial charge in [-0.05, 0) is 30.3 Å². The summed E-state index contributed by atoms with van der Waals surface area (Å²) >= 11 is 5.88. The number of aromatic amines is 1. The Kier molecular flexibility index (Phi) is 3.03. The van der Waals surface area contributed by atoms with Crippen molar-refractivity contribution in [3.8, 4) is 11.4 Å². The lowest BCUT2D eigenvalue weighted by Gasteiger charge is -2.11. The zero-order valence-electron chi connectivity index (χ0n) is 10.4. The first-order valence-electron chi connectivity index (χ1n) is 5.91. The largest absolute Gasteiger partial charge is 0.505 e. The lowest BCUT2D eigenvalue weighted by Crippen LogP contribution is -2.29. The molecule has 3 aromatic rings. The van der Waals surface area contributed by atoms with E-state index >= 15 is 0 Å². The van der Waals surface area contributed by atoms with Gasteiger partial charge in [0, 0.05) is 5.02 Å². The molecule has 0 aliphatic carbocycles. The molecule has 1 heterocycles. The van der Waals surface area contributed by atoms with Gasteiger partial charge in [-0.25, -0.2) is 9.18 Å². The van der Waals surface area contributed by atoms with Gasteiger partial charge in [0.05, 0.1) is 16.6 Å². The highest BCUT2D eigenvalue weighted by Crippen LogP contribution is 2.24. The van der Waals surface area contributed by atoms with E-state index in [-0.39, 0.29) is 16.6 Å². The van der Waals surface area contributed by atoms with Crippen LogP contribution in [0.1, 0.15) is 0 Å². The predicted octanol–water partition coefficient (Wildman–Crippen LogP) is 2.18. The first kappa shape index (κ1) is 13.4. The quantitative estimate of drug-likeness (QED) is 0.723. The van der Waals surface area contributed by atoms with Gasteiger partial charge in [0.15, 0.2) is 11.6 Å². The average Bonchev–Trinajstić information content (AvgIpc) is 2.43. The van der Waals surface area contributed by atoms with Crippen LogP contribution in [-0.2, 0) is 0 Å². The van der Waals surface area contributed by atoms with Crippen molar-refractivity contribution in [2.45, 2.75) is 0 Å². The Hall–Kier alpha value is -2.60. The third-order valence-electron chi connectivity index (χ3n) is 3.07. The molecule has 0 aliphatic heterocycles. The fourth-order valence-electron chi connectivity index (χ4n) is 2.13. The minimum absolute atomic E-state index is 0.153. The number of aromatic hydroxyl groups is 1. The van der Waals surface area contributed by atoms with Crippen LogP contribution < -0.4 is 11.2 Å². The smallest absolute Gasteiger partial charge is 0.333 e. The lowest BCUT2D eigenvalue weighted by atomic mass is 10.2. The molecule has 0 spiro atoms. The molecule has 21 heavy (non-hydrogen) atoms. The Labute approximate surface area is 121 Å². The molecule has 0 amide bonds. The normalized spacial score (nSPS) is 11.0. The Morgan fingerprint density at radius 2 is 1.95 bits per heavy atom. The summed E-state index contributed by atoms with van der Waals surface area (Å²) in [6, 6.07) is 8.18. The van der Waals surface area contributed by atoms with Crippen molar-refractivity contribution in [2.75, 3.05) is 0 Å². The number of fused-ring (bicyclic) bond motifs is 1. The molecule has 0 aliphatic rings. The molecule has 0 radical (unpaired) electrons. The van der Waals surface area contributed by atoms with E-state index in [4.69, 9.17) is 11.6 Å². The third kappa shape index (κ3) is 2.09. The van der Waals surface area contributed by atoms with Gasteiger partial charge in [-0.2, -0.15) is 0 Å². The summed E-state index contributed by atoms with van der Waals surface area (Å²) in [5.41, 5.74) is -1.44. The molecule has 106 valence electrons. The molecule has 3 rings (SSSR count).